The third-order valence-corrected chi connectivity index (χ3v) is 4.60. The first-order valence-electron chi connectivity index (χ1n) is 8.65. The summed E-state index contributed by atoms with van der Waals surface area (Å²) in [6.07, 6.45) is 1.64. The Bertz CT molecular complexity index is 993. The smallest absolute Gasteiger partial charge is 0.307 e. The molecule has 3 aromatic rings. The highest BCUT2D eigenvalue weighted by atomic mass is 35.5. The van der Waals surface area contributed by atoms with Gasteiger partial charge in [0.15, 0.2) is 5.76 Å². The normalized spacial score (nSPS) is 14.8. The zero-order valence-corrected chi connectivity index (χ0v) is 15.3. The van der Waals surface area contributed by atoms with Crippen LogP contribution in [0.4, 0.5) is 5.69 Å². The predicted octanol–water partition coefficient (Wildman–Crippen LogP) is 3.69. The Morgan fingerprint density at radius 2 is 1.96 bits per heavy atom. The van der Waals surface area contributed by atoms with E-state index in [4.69, 9.17) is 20.8 Å². The highest BCUT2D eigenvalue weighted by Crippen LogP contribution is 2.23. The van der Waals surface area contributed by atoms with E-state index in [-0.39, 0.29) is 5.76 Å². The number of hydrogen-bond donors (Lipinski definition) is 1. The Balaban J connectivity index is 1.47. The van der Waals surface area contributed by atoms with Crippen molar-refractivity contribution in [2.75, 3.05) is 31.2 Å². The first-order chi connectivity index (χ1) is 13.2. The van der Waals surface area contributed by atoms with Crippen LogP contribution in [0.5, 0.6) is 0 Å². The van der Waals surface area contributed by atoms with Gasteiger partial charge in [-0.05, 0) is 30.3 Å². The lowest BCUT2D eigenvalue weighted by Crippen LogP contribution is -2.36. The standard InChI is InChI=1S/C20H18ClN3O3/c21-16-5-6-18-15(11-16)12-19(27-18)20(25)23-22-13-14-3-1-2-4-17(14)24-7-9-26-10-8-24/h1-6,11-13H,7-10H2,(H,23,25)/b22-13-. The van der Waals surface area contributed by atoms with Gasteiger partial charge in [0.25, 0.3) is 0 Å². The van der Waals surface area contributed by atoms with Crippen LogP contribution < -0.4 is 10.3 Å². The number of fused-ring (bicyclic) bond motifs is 1. The minimum Gasteiger partial charge on any atom is -0.451 e. The molecule has 0 atom stereocenters. The Labute approximate surface area is 161 Å². The molecule has 138 valence electrons. The first kappa shape index (κ1) is 17.6. The number of carbonyl (C=O) groups is 1. The van der Waals surface area contributed by atoms with Gasteiger partial charge in [-0.3, -0.25) is 4.79 Å². The van der Waals surface area contributed by atoms with Crippen molar-refractivity contribution in [3.8, 4) is 0 Å². The Morgan fingerprint density at radius 3 is 2.81 bits per heavy atom. The van der Waals surface area contributed by atoms with Crippen LogP contribution in [0.2, 0.25) is 5.02 Å². The number of anilines is 1. The van der Waals surface area contributed by atoms with Gasteiger partial charge < -0.3 is 14.1 Å². The second kappa shape index (κ2) is 7.82. The number of para-hydroxylation sites is 1. The molecule has 2 heterocycles. The lowest BCUT2D eigenvalue weighted by molar-refractivity contribution is 0.0929. The van der Waals surface area contributed by atoms with Crippen LogP contribution in [0.3, 0.4) is 0 Å². The zero-order valence-electron chi connectivity index (χ0n) is 14.5. The summed E-state index contributed by atoms with van der Waals surface area (Å²) in [6.45, 7) is 3.08. The number of hydrogen-bond acceptors (Lipinski definition) is 5. The molecule has 6 nitrogen and oxygen atoms in total. The van der Waals surface area contributed by atoms with Gasteiger partial charge >= 0.3 is 5.91 Å². The molecule has 27 heavy (non-hydrogen) atoms. The Hall–Kier alpha value is -2.83. The largest absolute Gasteiger partial charge is 0.451 e. The summed E-state index contributed by atoms with van der Waals surface area (Å²) < 4.78 is 10.9. The van der Waals surface area contributed by atoms with E-state index in [1.807, 2.05) is 24.3 Å². The third kappa shape index (κ3) is 3.97. The molecular formula is C20H18ClN3O3. The number of benzene rings is 2. The molecule has 0 spiro atoms. The maximum Gasteiger partial charge on any atom is 0.307 e. The van der Waals surface area contributed by atoms with Gasteiger partial charge in [0.1, 0.15) is 5.58 Å². The van der Waals surface area contributed by atoms with Crippen LogP contribution in [0.25, 0.3) is 11.0 Å². The summed E-state index contributed by atoms with van der Waals surface area (Å²) in [5, 5.41) is 5.46. The molecule has 0 unspecified atom stereocenters. The van der Waals surface area contributed by atoms with Crippen molar-refractivity contribution >= 4 is 40.4 Å². The van der Waals surface area contributed by atoms with E-state index in [1.165, 1.54) is 0 Å². The lowest BCUT2D eigenvalue weighted by Gasteiger charge is -2.29. The van der Waals surface area contributed by atoms with Gasteiger partial charge in [0.05, 0.1) is 19.4 Å². The minimum atomic E-state index is -0.414. The first-order valence-corrected chi connectivity index (χ1v) is 9.03. The fourth-order valence-electron chi connectivity index (χ4n) is 3.03. The molecule has 1 N–H and O–H groups in total. The molecule has 1 aliphatic heterocycles. The molecule has 0 aliphatic carbocycles. The van der Waals surface area contributed by atoms with Crippen molar-refractivity contribution in [3.05, 3.63) is 64.9 Å². The second-order valence-electron chi connectivity index (χ2n) is 6.15. The maximum absolute atomic E-state index is 12.3. The van der Waals surface area contributed by atoms with Crippen molar-refractivity contribution in [1.29, 1.82) is 0 Å². The van der Waals surface area contributed by atoms with Crippen LogP contribution in [0, 0.1) is 0 Å². The number of furan rings is 1. The molecule has 1 saturated heterocycles. The van der Waals surface area contributed by atoms with Gasteiger partial charge in [0, 0.05) is 34.7 Å². The number of amides is 1. The number of rotatable bonds is 4. The maximum atomic E-state index is 12.3. The van der Waals surface area contributed by atoms with Crippen molar-refractivity contribution in [3.63, 3.8) is 0 Å². The summed E-state index contributed by atoms with van der Waals surface area (Å²) in [4.78, 5) is 14.5. The van der Waals surface area contributed by atoms with E-state index in [0.717, 1.165) is 29.7 Å². The van der Waals surface area contributed by atoms with Crippen LogP contribution in [0.15, 0.2) is 58.0 Å². The summed E-state index contributed by atoms with van der Waals surface area (Å²) in [7, 11) is 0. The van der Waals surface area contributed by atoms with Gasteiger partial charge in [-0.15, -0.1) is 0 Å². The SMILES string of the molecule is O=C(N/N=C\c1ccccc1N1CCOCC1)c1cc2cc(Cl)ccc2o1. The molecule has 0 saturated carbocycles. The van der Waals surface area contributed by atoms with E-state index in [0.29, 0.717) is 23.8 Å². The molecule has 1 amide bonds. The van der Waals surface area contributed by atoms with E-state index in [9.17, 15) is 4.79 Å². The van der Waals surface area contributed by atoms with E-state index in [2.05, 4.69) is 15.4 Å². The summed E-state index contributed by atoms with van der Waals surface area (Å²) in [5.41, 5.74) is 5.11. The summed E-state index contributed by atoms with van der Waals surface area (Å²) in [5.74, 6) is -0.228. The van der Waals surface area contributed by atoms with Crippen LogP contribution in [-0.2, 0) is 4.74 Å². The quantitative estimate of drug-likeness (QED) is 0.551. The molecule has 1 fully saturated rings. The third-order valence-electron chi connectivity index (χ3n) is 4.36. The van der Waals surface area contributed by atoms with E-state index in [1.54, 1.807) is 30.5 Å². The average Bonchev–Trinajstić information content (AvgIpc) is 3.12. The van der Waals surface area contributed by atoms with Gasteiger partial charge in [0.2, 0.25) is 0 Å². The lowest BCUT2D eigenvalue weighted by atomic mass is 10.1. The van der Waals surface area contributed by atoms with Crippen LogP contribution >= 0.6 is 11.6 Å². The molecule has 1 aromatic heterocycles. The number of nitrogens with one attached hydrogen (secondary N) is 1. The number of halogens is 1. The number of ether oxygens (including phenoxy) is 1. The zero-order chi connectivity index (χ0) is 18.6. The minimum absolute atomic E-state index is 0.186. The van der Waals surface area contributed by atoms with Crippen molar-refractivity contribution in [2.24, 2.45) is 5.10 Å². The van der Waals surface area contributed by atoms with Crippen molar-refractivity contribution in [2.45, 2.75) is 0 Å². The van der Waals surface area contributed by atoms with Gasteiger partial charge in [-0.25, -0.2) is 5.43 Å². The number of morpholine rings is 1. The Kier molecular flexibility index (Phi) is 5.09. The molecule has 0 radical (unpaired) electrons. The van der Waals surface area contributed by atoms with Crippen molar-refractivity contribution in [1.82, 2.24) is 5.43 Å². The highest BCUT2D eigenvalue weighted by Gasteiger charge is 2.14. The molecule has 1 aliphatic rings. The fourth-order valence-corrected chi connectivity index (χ4v) is 3.21. The van der Waals surface area contributed by atoms with Crippen LogP contribution in [0.1, 0.15) is 16.1 Å². The number of hydrazone groups is 1. The number of carbonyl (C=O) groups excluding carboxylic acids is 1. The monoisotopic (exact) mass is 383 g/mol. The summed E-state index contributed by atoms with van der Waals surface area (Å²) in [6, 6.07) is 14.8. The highest BCUT2D eigenvalue weighted by molar-refractivity contribution is 6.31. The van der Waals surface area contributed by atoms with E-state index < -0.39 is 5.91 Å². The molecule has 7 heteroatoms. The van der Waals surface area contributed by atoms with E-state index >= 15 is 0 Å². The molecule has 4 rings (SSSR count). The summed E-state index contributed by atoms with van der Waals surface area (Å²) >= 11 is 5.96. The van der Waals surface area contributed by atoms with Gasteiger partial charge in [-0.1, -0.05) is 29.8 Å². The average molecular weight is 384 g/mol. The Morgan fingerprint density at radius 1 is 1.15 bits per heavy atom. The second-order valence-corrected chi connectivity index (χ2v) is 6.59. The van der Waals surface area contributed by atoms with Gasteiger partial charge in [-0.2, -0.15) is 5.10 Å². The van der Waals surface area contributed by atoms with Crippen LogP contribution in [-0.4, -0.2) is 38.4 Å². The molecule has 0 bridgehead atoms. The predicted molar refractivity (Wildman–Crippen MR) is 106 cm³/mol. The molecule has 2 aromatic carbocycles. The topological polar surface area (TPSA) is 67.1 Å². The fraction of sp³-hybridized carbons (Fsp3) is 0.200. The molecular weight excluding hydrogens is 366 g/mol. The van der Waals surface area contributed by atoms with Crippen molar-refractivity contribution < 1.29 is 13.9 Å². The number of nitrogens with zero attached hydrogens (tertiary/aromatic N) is 2.